The highest BCUT2D eigenvalue weighted by Gasteiger charge is 2.10. The first-order valence-corrected chi connectivity index (χ1v) is 7.28. The zero-order valence-corrected chi connectivity index (χ0v) is 13.2. The van der Waals surface area contributed by atoms with Crippen molar-refractivity contribution in [3.8, 4) is 0 Å². The Morgan fingerprint density at radius 3 is 2.84 bits per heavy atom. The molecule has 0 atom stereocenters. The smallest absolute Gasteiger partial charge is 0.0885 e. The van der Waals surface area contributed by atoms with Crippen molar-refractivity contribution in [2.75, 3.05) is 19.0 Å². The highest BCUT2D eigenvalue weighted by atomic mass is 79.9. The summed E-state index contributed by atoms with van der Waals surface area (Å²) in [7, 11) is 1.69. The number of fused-ring (bicyclic) bond motifs is 1. The molecule has 0 aliphatic heterocycles. The molecule has 0 saturated carbocycles. The van der Waals surface area contributed by atoms with Gasteiger partial charge in [-0.1, -0.05) is 13.0 Å². The van der Waals surface area contributed by atoms with Gasteiger partial charge in [0.1, 0.15) is 0 Å². The standard InChI is InChI=1S/C15H19BrN2O/c1-4-7-17-13-8-11(9-19-3)18-15-12(16)6-5-10(2)14(13)15/h5-6,8H,4,7,9H2,1-3H3,(H,17,18). The summed E-state index contributed by atoms with van der Waals surface area (Å²) in [6.07, 6.45) is 1.09. The lowest BCUT2D eigenvalue weighted by atomic mass is 10.1. The number of pyridine rings is 1. The normalized spacial score (nSPS) is 10.9. The van der Waals surface area contributed by atoms with Crippen LogP contribution in [-0.4, -0.2) is 18.6 Å². The second-order valence-electron chi connectivity index (χ2n) is 4.61. The summed E-state index contributed by atoms with van der Waals surface area (Å²) in [5, 5.41) is 4.67. The number of aromatic nitrogens is 1. The highest BCUT2D eigenvalue weighted by Crippen LogP contribution is 2.31. The lowest BCUT2D eigenvalue weighted by molar-refractivity contribution is 0.182. The number of hydrogen-bond acceptors (Lipinski definition) is 3. The molecule has 4 heteroatoms. The van der Waals surface area contributed by atoms with Crippen LogP contribution in [0.5, 0.6) is 0 Å². The number of ether oxygens (including phenoxy) is 1. The van der Waals surface area contributed by atoms with Gasteiger partial charge in [-0.05, 0) is 47.0 Å². The summed E-state index contributed by atoms with van der Waals surface area (Å²) in [4.78, 5) is 4.68. The van der Waals surface area contributed by atoms with Gasteiger partial charge in [0.05, 0.1) is 17.8 Å². The van der Waals surface area contributed by atoms with E-state index < -0.39 is 0 Å². The van der Waals surface area contributed by atoms with Crippen molar-refractivity contribution in [3.63, 3.8) is 0 Å². The van der Waals surface area contributed by atoms with Crippen molar-refractivity contribution in [2.45, 2.75) is 26.9 Å². The van der Waals surface area contributed by atoms with E-state index in [1.807, 2.05) is 6.07 Å². The molecule has 1 aromatic heterocycles. The summed E-state index contributed by atoms with van der Waals surface area (Å²) in [6, 6.07) is 6.24. The Balaban J connectivity index is 2.63. The van der Waals surface area contributed by atoms with Gasteiger partial charge in [-0.25, -0.2) is 4.98 Å². The van der Waals surface area contributed by atoms with Crippen LogP contribution in [0.3, 0.4) is 0 Å². The van der Waals surface area contributed by atoms with E-state index in [0.29, 0.717) is 6.61 Å². The average Bonchev–Trinajstić information content (AvgIpc) is 2.40. The fourth-order valence-corrected chi connectivity index (χ4v) is 2.57. The second kappa shape index (κ2) is 6.35. The molecule has 2 aromatic rings. The minimum atomic E-state index is 0.525. The van der Waals surface area contributed by atoms with Crippen LogP contribution in [-0.2, 0) is 11.3 Å². The molecule has 102 valence electrons. The van der Waals surface area contributed by atoms with Crippen molar-refractivity contribution in [2.24, 2.45) is 0 Å². The van der Waals surface area contributed by atoms with Gasteiger partial charge in [-0.15, -0.1) is 0 Å². The number of nitrogens with zero attached hydrogens (tertiary/aromatic N) is 1. The van der Waals surface area contributed by atoms with Crippen LogP contribution >= 0.6 is 15.9 Å². The number of nitrogens with one attached hydrogen (secondary N) is 1. The Labute approximate surface area is 122 Å². The summed E-state index contributed by atoms with van der Waals surface area (Å²) < 4.78 is 6.22. The van der Waals surface area contributed by atoms with Crippen LogP contribution < -0.4 is 5.32 Å². The lowest BCUT2D eigenvalue weighted by Gasteiger charge is -2.14. The molecule has 0 spiro atoms. The fourth-order valence-electron chi connectivity index (χ4n) is 2.15. The molecule has 3 nitrogen and oxygen atoms in total. The molecule has 2 rings (SSSR count). The third-order valence-electron chi connectivity index (χ3n) is 3.03. The quantitative estimate of drug-likeness (QED) is 0.892. The Morgan fingerprint density at radius 1 is 1.37 bits per heavy atom. The molecule has 0 saturated heterocycles. The second-order valence-corrected chi connectivity index (χ2v) is 5.46. The molecule has 0 aliphatic carbocycles. The van der Waals surface area contributed by atoms with Crippen LogP contribution in [0.1, 0.15) is 24.6 Å². The maximum absolute atomic E-state index is 5.20. The first-order valence-electron chi connectivity index (χ1n) is 6.49. The predicted octanol–water partition coefficient (Wildman–Crippen LogP) is 4.27. The largest absolute Gasteiger partial charge is 0.384 e. The third-order valence-corrected chi connectivity index (χ3v) is 3.67. The molecule has 0 fully saturated rings. The zero-order valence-electron chi connectivity index (χ0n) is 11.6. The first-order chi connectivity index (χ1) is 9.17. The lowest BCUT2D eigenvalue weighted by Crippen LogP contribution is -2.04. The predicted molar refractivity (Wildman–Crippen MR) is 83.7 cm³/mol. The Morgan fingerprint density at radius 2 is 2.16 bits per heavy atom. The van der Waals surface area contributed by atoms with E-state index >= 15 is 0 Å². The fraction of sp³-hybridized carbons (Fsp3) is 0.400. The molecule has 0 radical (unpaired) electrons. The first kappa shape index (κ1) is 14.3. The van der Waals surface area contributed by atoms with Crippen LogP contribution in [0.25, 0.3) is 10.9 Å². The molecule has 1 heterocycles. The molecule has 1 aromatic carbocycles. The number of aryl methyl sites for hydroxylation is 1. The van der Waals surface area contributed by atoms with Gasteiger partial charge in [0, 0.05) is 29.2 Å². The van der Waals surface area contributed by atoms with Crippen molar-refractivity contribution < 1.29 is 4.74 Å². The van der Waals surface area contributed by atoms with Crippen LogP contribution in [0.2, 0.25) is 0 Å². The maximum atomic E-state index is 5.20. The molecular weight excluding hydrogens is 304 g/mol. The van der Waals surface area contributed by atoms with Gasteiger partial charge < -0.3 is 10.1 Å². The Kier molecular flexibility index (Phi) is 4.77. The van der Waals surface area contributed by atoms with E-state index in [1.54, 1.807) is 7.11 Å². The van der Waals surface area contributed by atoms with Crippen molar-refractivity contribution in [1.82, 2.24) is 4.98 Å². The molecule has 0 amide bonds. The van der Waals surface area contributed by atoms with Gasteiger partial charge in [0.25, 0.3) is 0 Å². The van der Waals surface area contributed by atoms with Gasteiger partial charge in [0.2, 0.25) is 0 Å². The molecule has 0 bridgehead atoms. The number of benzene rings is 1. The number of halogens is 1. The summed E-state index contributed by atoms with van der Waals surface area (Å²) >= 11 is 3.59. The topological polar surface area (TPSA) is 34.1 Å². The van der Waals surface area contributed by atoms with Crippen LogP contribution in [0.15, 0.2) is 22.7 Å². The summed E-state index contributed by atoms with van der Waals surface area (Å²) in [5.41, 5.74) is 4.30. The van der Waals surface area contributed by atoms with E-state index in [4.69, 9.17) is 4.74 Å². The average molecular weight is 323 g/mol. The SMILES string of the molecule is CCCNc1cc(COC)nc2c(Br)ccc(C)c12. The summed E-state index contributed by atoms with van der Waals surface area (Å²) in [5.74, 6) is 0. The van der Waals surface area contributed by atoms with E-state index in [0.717, 1.165) is 34.3 Å². The van der Waals surface area contributed by atoms with Crippen molar-refractivity contribution >= 4 is 32.5 Å². The third kappa shape index (κ3) is 3.07. The van der Waals surface area contributed by atoms with Crippen molar-refractivity contribution in [3.05, 3.63) is 33.9 Å². The monoisotopic (exact) mass is 322 g/mol. The number of rotatable bonds is 5. The van der Waals surface area contributed by atoms with Crippen LogP contribution in [0.4, 0.5) is 5.69 Å². The van der Waals surface area contributed by atoms with E-state index in [-0.39, 0.29) is 0 Å². The maximum Gasteiger partial charge on any atom is 0.0885 e. The molecule has 19 heavy (non-hydrogen) atoms. The molecule has 1 N–H and O–H groups in total. The summed E-state index contributed by atoms with van der Waals surface area (Å²) in [6.45, 7) is 5.76. The van der Waals surface area contributed by atoms with Crippen molar-refractivity contribution in [1.29, 1.82) is 0 Å². The highest BCUT2D eigenvalue weighted by molar-refractivity contribution is 9.10. The number of hydrogen-bond donors (Lipinski definition) is 1. The van der Waals surface area contributed by atoms with Gasteiger partial charge in [-0.3, -0.25) is 0 Å². The molecule has 0 aliphatic rings. The molecule has 0 unspecified atom stereocenters. The van der Waals surface area contributed by atoms with E-state index in [9.17, 15) is 0 Å². The minimum absolute atomic E-state index is 0.525. The molecular formula is C15H19BrN2O. The van der Waals surface area contributed by atoms with Gasteiger partial charge >= 0.3 is 0 Å². The van der Waals surface area contributed by atoms with Gasteiger partial charge in [-0.2, -0.15) is 0 Å². The van der Waals surface area contributed by atoms with Gasteiger partial charge in [0.15, 0.2) is 0 Å². The minimum Gasteiger partial charge on any atom is -0.384 e. The van der Waals surface area contributed by atoms with Crippen LogP contribution in [0, 0.1) is 6.92 Å². The zero-order chi connectivity index (χ0) is 13.8. The number of methoxy groups -OCH3 is 1. The van der Waals surface area contributed by atoms with E-state index in [2.05, 4.69) is 52.2 Å². The Hall–Kier alpha value is -1.13. The Bertz CT molecular complexity index is 584. The van der Waals surface area contributed by atoms with E-state index in [1.165, 1.54) is 10.9 Å². The number of anilines is 1.